The van der Waals surface area contributed by atoms with Crippen molar-refractivity contribution in [2.45, 2.75) is 25.4 Å². The first-order chi connectivity index (χ1) is 8.72. The van der Waals surface area contributed by atoms with E-state index in [0.717, 1.165) is 12.1 Å². The molecule has 1 aromatic carbocycles. The Bertz CT molecular complexity index is 563. The van der Waals surface area contributed by atoms with E-state index < -0.39 is 5.82 Å². The number of rotatable bonds is 4. The third kappa shape index (κ3) is 2.54. The topological polar surface area (TPSA) is 29.9 Å². The average Bonchev–Trinajstić information content (AvgIpc) is 3.08. The van der Waals surface area contributed by atoms with Crippen LogP contribution in [-0.2, 0) is 6.54 Å². The summed E-state index contributed by atoms with van der Waals surface area (Å²) in [7, 11) is 0. The molecule has 94 valence electrons. The summed E-state index contributed by atoms with van der Waals surface area (Å²) in [6, 6.07) is 5.33. The minimum Gasteiger partial charge on any atom is -0.310 e. The number of hydrogen-bond acceptors (Lipinski definition) is 2. The molecule has 0 unspecified atom stereocenters. The van der Waals surface area contributed by atoms with Crippen LogP contribution in [0.25, 0.3) is 5.69 Å². The van der Waals surface area contributed by atoms with Crippen LogP contribution in [-0.4, -0.2) is 15.8 Å². The van der Waals surface area contributed by atoms with Gasteiger partial charge in [0, 0.05) is 30.4 Å². The van der Waals surface area contributed by atoms with E-state index in [-0.39, 0.29) is 5.02 Å². The molecule has 1 aliphatic carbocycles. The molecule has 0 spiro atoms. The van der Waals surface area contributed by atoms with Crippen LogP contribution >= 0.6 is 11.6 Å². The Morgan fingerprint density at radius 2 is 2.28 bits per heavy atom. The molecular weight excluding hydrogens is 253 g/mol. The van der Waals surface area contributed by atoms with Gasteiger partial charge in [0.25, 0.3) is 0 Å². The molecule has 0 amide bonds. The molecule has 0 saturated heterocycles. The largest absolute Gasteiger partial charge is 0.310 e. The van der Waals surface area contributed by atoms with Crippen molar-refractivity contribution in [2.24, 2.45) is 0 Å². The smallest absolute Gasteiger partial charge is 0.143 e. The normalized spacial score (nSPS) is 15.0. The quantitative estimate of drug-likeness (QED) is 0.921. The number of nitrogens with one attached hydrogen (secondary N) is 1. The molecule has 5 heteroatoms. The number of halogens is 2. The molecule has 3 rings (SSSR count). The molecular formula is C13H13ClFN3. The average molecular weight is 266 g/mol. The van der Waals surface area contributed by atoms with Crippen molar-refractivity contribution in [2.75, 3.05) is 0 Å². The Kier molecular flexibility index (Phi) is 3.06. The van der Waals surface area contributed by atoms with Crippen molar-refractivity contribution in [3.05, 3.63) is 47.0 Å². The molecule has 1 saturated carbocycles. The zero-order chi connectivity index (χ0) is 12.5. The van der Waals surface area contributed by atoms with E-state index in [1.54, 1.807) is 16.9 Å². The highest BCUT2D eigenvalue weighted by molar-refractivity contribution is 6.30. The second-order valence-corrected chi connectivity index (χ2v) is 4.95. The molecule has 18 heavy (non-hydrogen) atoms. The zero-order valence-electron chi connectivity index (χ0n) is 9.74. The second kappa shape index (κ2) is 4.71. The van der Waals surface area contributed by atoms with Crippen LogP contribution in [0.2, 0.25) is 5.02 Å². The van der Waals surface area contributed by atoms with E-state index in [2.05, 4.69) is 10.4 Å². The number of benzene rings is 1. The van der Waals surface area contributed by atoms with Gasteiger partial charge in [0.15, 0.2) is 0 Å². The van der Waals surface area contributed by atoms with Gasteiger partial charge >= 0.3 is 0 Å². The Morgan fingerprint density at radius 3 is 3.00 bits per heavy atom. The third-order valence-electron chi connectivity index (χ3n) is 2.98. The van der Waals surface area contributed by atoms with Crippen molar-refractivity contribution >= 4 is 11.6 Å². The molecule has 0 atom stereocenters. The summed E-state index contributed by atoms with van der Waals surface area (Å²) in [6.45, 7) is 0.806. The molecule has 1 aromatic heterocycles. The Labute approximate surface area is 110 Å². The summed E-state index contributed by atoms with van der Waals surface area (Å²) in [4.78, 5) is 0. The first-order valence-electron chi connectivity index (χ1n) is 5.95. The standard InChI is InChI=1S/C13H13ClFN3/c14-12-4-3-11(5-13(12)15)18-8-9(7-17-18)6-16-10-1-2-10/h3-5,7-8,10,16H,1-2,6H2. The van der Waals surface area contributed by atoms with E-state index in [9.17, 15) is 4.39 Å². The molecule has 0 bridgehead atoms. The second-order valence-electron chi connectivity index (χ2n) is 4.55. The van der Waals surface area contributed by atoms with Crippen LogP contribution in [0.5, 0.6) is 0 Å². The maximum atomic E-state index is 13.3. The van der Waals surface area contributed by atoms with Crippen LogP contribution in [0.1, 0.15) is 18.4 Å². The first kappa shape index (κ1) is 11.7. The van der Waals surface area contributed by atoms with E-state index in [0.29, 0.717) is 11.7 Å². The monoisotopic (exact) mass is 265 g/mol. The molecule has 2 aromatic rings. The van der Waals surface area contributed by atoms with Gasteiger partial charge in [-0.15, -0.1) is 0 Å². The van der Waals surface area contributed by atoms with Crippen molar-refractivity contribution in [1.82, 2.24) is 15.1 Å². The molecule has 1 heterocycles. The van der Waals surface area contributed by atoms with Gasteiger partial charge in [0.2, 0.25) is 0 Å². The lowest BCUT2D eigenvalue weighted by atomic mass is 10.3. The highest BCUT2D eigenvalue weighted by atomic mass is 35.5. The number of hydrogen-bond donors (Lipinski definition) is 1. The SMILES string of the molecule is Fc1cc(-n2cc(CNC3CC3)cn2)ccc1Cl. The minimum atomic E-state index is -0.428. The zero-order valence-corrected chi connectivity index (χ0v) is 10.5. The number of aromatic nitrogens is 2. The lowest BCUT2D eigenvalue weighted by molar-refractivity contribution is 0.626. The fourth-order valence-electron chi connectivity index (χ4n) is 1.77. The molecule has 3 nitrogen and oxygen atoms in total. The Morgan fingerprint density at radius 1 is 1.44 bits per heavy atom. The van der Waals surface area contributed by atoms with Gasteiger partial charge < -0.3 is 5.32 Å². The van der Waals surface area contributed by atoms with E-state index >= 15 is 0 Å². The van der Waals surface area contributed by atoms with Gasteiger partial charge in [-0.2, -0.15) is 5.10 Å². The van der Waals surface area contributed by atoms with Gasteiger partial charge in [-0.1, -0.05) is 11.6 Å². The summed E-state index contributed by atoms with van der Waals surface area (Å²) in [6.07, 6.45) is 6.22. The summed E-state index contributed by atoms with van der Waals surface area (Å²) in [5.41, 5.74) is 1.77. The Hall–Kier alpha value is -1.39. The van der Waals surface area contributed by atoms with Crippen LogP contribution in [0.15, 0.2) is 30.6 Å². The molecule has 1 N–H and O–H groups in total. The first-order valence-corrected chi connectivity index (χ1v) is 6.32. The van der Waals surface area contributed by atoms with Crippen molar-refractivity contribution in [1.29, 1.82) is 0 Å². The summed E-state index contributed by atoms with van der Waals surface area (Å²) < 4.78 is 15.0. The maximum Gasteiger partial charge on any atom is 0.143 e. The fraction of sp³-hybridized carbons (Fsp3) is 0.308. The lowest BCUT2D eigenvalue weighted by Crippen LogP contribution is -2.14. The van der Waals surface area contributed by atoms with Crippen LogP contribution in [0.4, 0.5) is 4.39 Å². The van der Waals surface area contributed by atoms with E-state index in [1.165, 1.54) is 25.0 Å². The Balaban J connectivity index is 1.76. The van der Waals surface area contributed by atoms with Crippen molar-refractivity contribution in [3.8, 4) is 5.69 Å². The van der Waals surface area contributed by atoms with Gasteiger partial charge in [0.05, 0.1) is 16.9 Å². The van der Waals surface area contributed by atoms with E-state index in [4.69, 9.17) is 11.6 Å². The van der Waals surface area contributed by atoms with Gasteiger partial charge in [-0.3, -0.25) is 0 Å². The van der Waals surface area contributed by atoms with Gasteiger partial charge in [-0.25, -0.2) is 9.07 Å². The summed E-state index contributed by atoms with van der Waals surface area (Å²) >= 11 is 5.65. The molecule has 1 fully saturated rings. The minimum absolute atomic E-state index is 0.126. The third-order valence-corrected chi connectivity index (χ3v) is 3.28. The van der Waals surface area contributed by atoms with Gasteiger partial charge in [-0.05, 0) is 25.0 Å². The van der Waals surface area contributed by atoms with E-state index in [1.807, 2.05) is 6.20 Å². The predicted octanol–water partition coefficient (Wildman–Crippen LogP) is 2.92. The molecule has 0 aliphatic heterocycles. The van der Waals surface area contributed by atoms with Crippen LogP contribution < -0.4 is 5.32 Å². The lowest BCUT2D eigenvalue weighted by Gasteiger charge is -2.02. The van der Waals surface area contributed by atoms with Crippen molar-refractivity contribution < 1.29 is 4.39 Å². The highest BCUT2D eigenvalue weighted by Gasteiger charge is 2.20. The summed E-state index contributed by atoms with van der Waals surface area (Å²) in [5.74, 6) is -0.428. The summed E-state index contributed by atoms with van der Waals surface area (Å²) in [5, 5.41) is 7.76. The maximum absolute atomic E-state index is 13.3. The number of nitrogens with zero attached hydrogens (tertiary/aromatic N) is 2. The fourth-order valence-corrected chi connectivity index (χ4v) is 1.89. The highest BCUT2D eigenvalue weighted by Crippen LogP contribution is 2.20. The molecule has 1 aliphatic rings. The predicted molar refractivity (Wildman–Crippen MR) is 68.4 cm³/mol. The van der Waals surface area contributed by atoms with Crippen molar-refractivity contribution in [3.63, 3.8) is 0 Å². The van der Waals surface area contributed by atoms with Crippen LogP contribution in [0.3, 0.4) is 0 Å². The van der Waals surface area contributed by atoms with Gasteiger partial charge in [0.1, 0.15) is 5.82 Å². The van der Waals surface area contributed by atoms with Crippen LogP contribution in [0, 0.1) is 5.82 Å². The molecule has 0 radical (unpaired) electrons.